The first-order chi connectivity index (χ1) is 9.81. The molecule has 0 unspecified atom stereocenters. The molecule has 0 amide bonds. The molecule has 98 valence electrons. The summed E-state index contributed by atoms with van der Waals surface area (Å²) in [5, 5.41) is 7.75. The number of nitrogens with two attached hydrogens (primary N) is 1. The van der Waals surface area contributed by atoms with E-state index in [2.05, 4.69) is 20.2 Å². The first-order valence-corrected chi connectivity index (χ1v) is 5.96. The number of anilines is 1. The second kappa shape index (κ2) is 5.31. The summed E-state index contributed by atoms with van der Waals surface area (Å²) in [4.78, 5) is 8.28. The highest BCUT2D eigenvalue weighted by molar-refractivity contribution is 5.56. The Balaban J connectivity index is 1.79. The van der Waals surface area contributed by atoms with Gasteiger partial charge in [0.15, 0.2) is 0 Å². The highest BCUT2D eigenvalue weighted by Gasteiger charge is 2.04. The van der Waals surface area contributed by atoms with Gasteiger partial charge in [-0.3, -0.25) is 0 Å². The van der Waals surface area contributed by atoms with Crippen LogP contribution in [0.5, 0.6) is 11.8 Å². The Labute approximate surface area is 115 Å². The fraction of sp³-hybridized carbons (Fsp3) is 0. The van der Waals surface area contributed by atoms with E-state index in [9.17, 15) is 0 Å². The minimum absolute atomic E-state index is 0.281. The molecular weight excluding hydrogens is 254 g/mol. The van der Waals surface area contributed by atoms with Gasteiger partial charge in [0.1, 0.15) is 11.6 Å². The second-order valence-corrected chi connectivity index (χ2v) is 4.01. The highest BCUT2D eigenvalue weighted by atomic mass is 16.5. The largest absolute Gasteiger partial charge is 0.424 e. The van der Waals surface area contributed by atoms with Crippen LogP contribution in [0, 0.1) is 0 Å². The topological polar surface area (TPSA) is 86.8 Å². The number of benzene rings is 1. The van der Waals surface area contributed by atoms with E-state index >= 15 is 0 Å². The van der Waals surface area contributed by atoms with Crippen LogP contribution >= 0.6 is 0 Å². The Morgan fingerprint density at radius 2 is 1.60 bits per heavy atom. The standard InChI is InChI=1S/C14H11N5O/c15-13-7-6-12(18-19-13)10-8-16-14(17-9-10)20-11-4-2-1-3-5-11/h1-9H,(H2,15,19). The van der Waals surface area contributed by atoms with Crippen molar-refractivity contribution < 1.29 is 4.74 Å². The lowest BCUT2D eigenvalue weighted by Gasteiger charge is -2.04. The van der Waals surface area contributed by atoms with Crippen LogP contribution < -0.4 is 10.5 Å². The summed E-state index contributed by atoms with van der Waals surface area (Å²) in [5.74, 6) is 1.06. The fourth-order valence-corrected chi connectivity index (χ4v) is 1.59. The quantitative estimate of drug-likeness (QED) is 0.782. The van der Waals surface area contributed by atoms with Gasteiger partial charge in [0.05, 0.1) is 5.69 Å². The third-order valence-corrected chi connectivity index (χ3v) is 2.56. The van der Waals surface area contributed by atoms with Crippen molar-refractivity contribution in [3.63, 3.8) is 0 Å². The van der Waals surface area contributed by atoms with E-state index in [0.29, 0.717) is 17.3 Å². The minimum atomic E-state index is 0.281. The molecule has 0 saturated heterocycles. The van der Waals surface area contributed by atoms with Gasteiger partial charge in [-0.25, -0.2) is 9.97 Å². The average Bonchev–Trinajstić information content (AvgIpc) is 2.50. The lowest BCUT2D eigenvalue weighted by molar-refractivity contribution is 0.442. The molecule has 0 atom stereocenters. The Bertz CT molecular complexity index is 683. The molecule has 0 bridgehead atoms. The van der Waals surface area contributed by atoms with Crippen molar-refractivity contribution in [3.05, 3.63) is 54.9 Å². The maximum absolute atomic E-state index is 5.51. The molecule has 2 N–H and O–H groups in total. The van der Waals surface area contributed by atoms with Gasteiger partial charge in [-0.2, -0.15) is 0 Å². The Hall–Kier alpha value is -3.02. The molecule has 0 aliphatic heterocycles. The molecule has 6 heteroatoms. The van der Waals surface area contributed by atoms with Gasteiger partial charge < -0.3 is 10.5 Å². The van der Waals surface area contributed by atoms with Crippen LogP contribution in [-0.2, 0) is 0 Å². The molecule has 0 spiro atoms. The first-order valence-electron chi connectivity index (χ1n) is 5.96. The molecule has 3 aromatic rings. The Morgan fingerprint density at radius 3 is 2.25 bits per heavy atom. The van der Waals surface area contributed by atoms with Gasteiger partial charge in [-0.05, 0) is 24.3 Å². The Morgan fingerprint density at radius 1 is 0.850 bits per heavy atom. The lowest BCUT2D eigenvalue weighted by Crippen LogP contribution is -1.96. The van der Waals surface area contributed by atoms with Crippen LogP contribution in [-0.4, -0.2) is 20.2 Å². The highest BCUT2D eigenvalue weighted by Crippen LogP contribution is 2.19. The number of para-hydroxylation sites is 1. The molecule has 3 rings (SSSR count). The molecule has 0 saturated carbocycles. The maximum atomic E-state index is 5.51. The normalized spacial score (nSPS) is 10.2. The summed E-state index contributed by atoms with van der Waals surface area (Å²) >= 11 is 0. The van der Waals surface area contributed by atoms with Gasteiger partial charge in [-0.15, -0.1) is 10.2 Å². The monoisotopic (exact) mass is 265 g/mol. The third-order valence-electron chi connectivity index (χ3n) is 2.56. The molecule has 0 fully saturated rings. The maximum Gasteiger partial charge on any atom is 0.321 e. The van der Waals surface area contributed by atoms with E-state index in [0.717, 1.165) is 5.56 Å². The van der Waals surface area contributed by atoms with Gasteiger partial charge in [0.2, 0.25) is 0 Å². The van der Waals surface area contributed by atoms with E-state index in [1.54, 1.807) is 24.5 Å². The molecule has 20 heavy (non-hydrogen) atoms. The van der Waals surface area contributed by atoms with Crippen molar-refractivity contribution >= 4 is 5.82 Å². The molecule has 0 aliphatic rings. The zero-order valence-corrected chi connectivity index (χ0v) is 10.5. The number of hydrogen-bond acceptors (Lipinski definition) is 6. The molecule has 0 aliphatic carbocycles. The second-order valence-electron chi connectivity index (χ2n) is 4.01. The van der Waals surface area contributed by atoms with Gasteiger partial charge >= 0.3 is 6.01 Å². The summed E-state index contributed by atoms with van der Waals surface area (Å²) in [5.41, 5.74) is 6.90. The van der Waals surface area contributed by atoms with Crippen molar-refractivity contribution in [1.29, 1.82) is 0 Å². The van der Waals surface area contributed by atoms with E-state index in [1.165, 1.54) is 0 Å². The smallest absolute Gasteiger partial charge is 0.321 e. The van der Waals surface area contributed by atoms with Crippen LogP contribution in [0.1, 0.15) is 0 Å². The number of rotatable bonds is 3. The zero-order chi connectivity index (χ0) is 13.8. The zero-order valence-electron chi connectivity index (χ0n) is 10.5. The van der Waals surface area contributed by atoms with Crippen molar-refractivity contribution in [1.82, 2.24) is 20.2 Å². The predicted octanol–water partition coefficient (Wildman–Crippen LogP) is 2.31. The van der Waals surface area contributed by atoms with Gasteiger partial charge in [-0.1, -0.05) is 18.2 Å². The molecule has 6 nitrogen and oxygen atoms in total. The average molecular weight is 265 g/mol. The summed E-state index contributed by atoms with van der Waals surface area (Å²) in [6.45, 7) is 0. The van der Waals surface area contributed by atoms with Crippen LogP contribution in [0.4, 0.5) is 5.82 Å². The summed E-state index contributed by atoms with van der Waals surface area (Å²) in [7, 11) is 0. The molecular formula is C14H11N5O. The van der Waals surface area contributed by atoms with Crippen molar-refractivity contribution in [2.24, 2.45) is 0 Å². The number of ether oxygens (including phenoxy) is 1. The summed E-state index contributed by atoms with van der Waals surface area (Å²) in [6, 6.07) is 13.1. The van der Waals surface area contributed by atoms with E-state index < -0.39 is 0 Å². The van der Waals surface area contributed by atoms with Crippen LogP contribution in [0.15, 0.2) is 54.9 Å². The Kier molecular flexibility index (Phi) is 3.20. The van der Waals surface area contributed by atoms with E-state index in [1.807, 2.05) is 30.3 Å². The lowest BCUT2D eigenvalue weighted by atomic mass is 10.2. The predicted molar refractivity (Wildman–Crippen MR) is 74.0 cm³/mol. The SMILES string of the molecule is Nc1ccc(-c2cnc(Oc3ccccc3)nc2)nn1. The number of hydrogen-bond donors (Lipinski definition) is 1. The van der Waals surface area contributed by atoms with Crippen LogP contribution in [0.25, 0.3) is 11.3 Å². The van der Waals surface area contributed by atoms with Crippen molar-refractivity contribution in [2.75, 3.05) is 5.73 Å². The van der Waals surface area contributed by atoms with Gasteiger partial charge in [0, 0.05) is 18.0 Å². The fourth-order valence-electron chi connectivity index (χ4n) is 1.59. The number of aromatic nitrogens is 4. The third kappa shape index (κ3) is 2.69. The molecule has 2 heterocycles. The van der Waals surface area contributed by atoms with Crippen molar-refractivity contribution in [2.45, 2.75) is 0 Å². The van der Waals surface area contributed by atoms with Crippen molar-refractivity contribution in [3.8, 4) is 23.0 Å². The van der Waals surface area contributed by atoms with Crippen LogP contribution in [0.3, 0.4) is 0 Å². The van der Waals surface area contributed by atoms with E-state index in [4.69, 9.17) is 10.5 Å². The summed E-state index contributed by atoms with van der Waals surface area (Å²) < 4.78 is 5.51. The van der Waals surface area contributed by atoms with Crippen LogP contribution in [0.2, 0.25) is 0 Å². The molecule has 2 aromatic heterocycles. The number of nitrogen functional groups attached to an aromatic ring is 1. The van der Waals surface area contributed by atoms with E-state index in [-0.39, 0.29) is 6.01 Å². The molecule has 0 radical (unpaired) electrons. The minimum Gasteiger partial charge on any atom is -0.424 e. The number of nitrogens with zero attached hydrogens (tertiary/aromatic N) is 4. The summed E-state index contributed by atoms with van der Waals surface area (Å²) in [6.07, 6.45) is 3.26. The first kappa shape index (κ1) is 12.0. The van der Waals surface area contributed by atoms with Gasteiger partial charge in [0.25, 0.3) is 0 Å². The molecule has 1 aromatic carbocycles.